The highest BCUT2D eigenvalue weighted by atomic mass is 35.5. The van der Waals surface area contributed by atoms with E-state index in [0.717, 1.165) is 17.1 Å². The Morgan fingerprint density at radius 2 is 1.95 bits per heavy atom. The largest absolute Gasteiger partial charge is 0.377 e. The zero-order chi connectivity index (χ0) is 14.5. The smallest absolute Gasteiger partial charge is 0.158 e. The number of hydrogen-bond donors (Lipinski definition) is 2. The molecule has 0 fully saturated rings. The molecule has 0 atom stereocenters. The number of methoxy groups -OCH3 is 1. The molecule has 106 valence electrons. The van der Waals surface area contributed by atoms with Crippen LogP contribution in [0.4, 0.5) is 17.3 Å². The number of rotatable bonds is 5. The molecule has 1 heterocycles. The molecule has 0 amide bonds. The van der Waals surface area contributed by atoms with Gasteiger partial charge in [0.05, 0.1) is 10.7 Å². The van der Waals surface area contributed by atoms with Gasteiger partial charge in [-0.3, -0.25) is 0 Å². The van der Waals surface area contributed by atoms with Gasteiger partial charge in [-0.15, -0.1) is 0 Å². The zero-order valence-corrected chi connectivity index (χ0v) is 12.5. The molecule has 6 heteroatoms. The first-order valence-electron chi connectivity index (χ1n) is 6.20. The Labute approximate surface area is 123 Å². The number of aryl methyl sites for hydroxylation is 1. The van der Waals surface area contributed by atoms with Crippen LogP contribution in [0.15, 0.2) is 24.3 Å². The SMILES string of the molecule is CNc1cc(Nc2cc(C)ccc2Cl)nc(COC)n1. The van der Waals surface area contributed by atoms with Crippen molar-refractivity contribution in [3.05, 3.63) is 40.7 Å². The molecule has 2 aromatic rings. The molecule has 1 aromatic carbocycles. The molecule has 2 N–H and O–H groups in total. The summed E-state index contributed by atoms with van der Waals surface area (Å²) < 4.78 is 5.07. The number of aromatic nitrogens is 2. The number of halogens is 1. The van der Waals surface area contributed by atoms with Crippen LogP contribution in [0.2, 0.25) is 5.02 Å². The number of anilines is 3. The molecule has 0 radical (unpaired) electrons. The molecule has 0 aliphatic carbocycles. The highest BCUT2D eigenvalue weighted by molar-refractivity contribution is 6.33. The predicted molar refractivity (Wildman–Crippen MR) is 81.8 cm³/mol. The lowest BCUT2D eigenvalue weighted by atomic mass is 10.2. The summed E-state index contributed by atoms with van der Waals surface area (Å²) in [5, 5.41) is 6.85. The molecule has 0 bridgehead atoms. The first-order valence-corrected chi connectivity index (χ1v) is 6.58. The second-order valence-corrected chi connectivity index (χ2v) is 4.75. The van der Waals surface area contributed by atoms with Crippen molar-refractivity contribution in [3.8, 4) is 0 Å². The highest BCUT2D eigenvalue weighted by Gasteiger charge is 2.06. The van der Waals surface area contributed by atoms with E-state index in [4.69, 9.17) is 16.3 Å². The fraction of sp³-hybridized carbons (Fsp3) is 0.286. The van der Waals surface area contributed by atoms with E-state index in [2.05, 4.69) is 20.6 Å². The van der Waals surface area contributed by atoms with Gasteiger partial charge in [0.25, 0.3) is 0 Å². The third-order valence-corrected chi connectivity index (χ3v) is 3.02. The van der Waals surface area contributed by atoms with Crippen LogP contribution in [0, 0.1) is 6.92 Å². The van der Waals surface area contributed by atoms with Crippen LogP contribution in [-0.4, -0.2) is 24.1 Å². The van der Waals surface area contributed by atoms with E-state index in [1.165, 1.54) is 0 Å². The summed E-state index contributed by atoms with van der Waals surface area (Å²) in [6.45, 7) is 2.36. The Hall–Kier alpha value is -1.85. The van der Waals surface area contributed by atoms with E-state index >= 15 is 0 Å². The Bertz CT molecular complexity index is 604. The average molecular weight is 293 g/mol. The predicted octanol–water partition coefficient (Wildman–Crippen LogP) is 3.37. The van der Waals surface area contributed by atoms with Crippen molar-refractivity contribution in [2.45, 2.75) is 13.5 Å². The molecular weight excluding hydrogens is 276 g/mol. The molecular formula is C14H17ClN4O. The number of ether oxygens (including phenoxy) is 1. The normalized spacial score (nSPS) is 10.4. The van der Waals surface area contributed by atoms with Gasteiger partial charge in [0.15, 0.2) is 5.82 Å². The van der Waals surface area contributed by atoms with Crippen molar-refractivity contribution in [1.29, 1.82) is 0 Å². The maximum atomic E-state index is 6.17. The Morgan fingerprint density at radius 1 is 1.20 bits per heavy atom. The number of nitrogens with zero attached hydrogens (tertiary/aromatic N) is 2. The van der Waals surface area contributed by atoms with Gasteiger partial charge >= 0.3 is 0 Å². The van der Waals surface area contributed by atoms with Crippen LogP contribution in [0.5, 0.6) is 0 Å². The van der Waals surface area contributed by atoms with Gasteiger partial charge in [0.2, 0.25) is 0 Å². The van der Waals surface area contributed by atoms with Gasteiger partial charge in [-0.1, -0.05) is 17.7 Å². The maximum absolute atomic E-state index is 6.17. The summed E-state index contributed by atoms with van der Waals surface area (Å²) in [5.74, 6) is 1.99. The molecule has 0 saturated carbocycles. The van der Waals surface area contributed by atoms with E-state index in [-0.39, 0.29) is 0 Å². The second kappa shape index (κ2) is 6.54. The first-order chi connectivity index (χ1) is 9.62. The summed E-state index contributed by atoms with van der Waals surface area (Å²) in [7, 11) is 3.42. The van der Waals surface area contributed by atoms with Crippen LogP contribution >= 0.6 is 11.6 Å². The van der Waals surface area contributed by atoms with Crippen molar-refractivity contribution in [2.24, 2.45) is 0 Å². The molecule has 20 heavy (non-hydrogen) atoms. The summed E-state index contributed by atoms with van der Waals surface area (Å²) in [5.41, 5.74) is 1.94. The lowest BCUT2D eigenvalue weighted by Gasteiger charge is -2.11. The van der Waals surface area contributed by atoms with E-state index < -0.39 is 0 Å². The Kier molecular flexibility index (Phi) is 4.76. The van der Waals surface area contributed by atoms with E-state index in [0.29, 0.717) is 23.3 Å². The Morgan fingerprint density at radius 3 is 2.65 bits per heavy atom. The number of hydrogen-bond acceptors (Lipinski definition) is 5. The third-order valence-electron chi connectivity index (χ3n) is 2.69. The molecule has 0 saturated heterocycles. The van der Waals surface area contributed by atoms with Gasteiger partial charge in [0, 0.05) is 20.2 Å². The standard InChI is InChI=1S/C14H17ClN4O/c1-9-4-5-10(15)11(6-9)17-13-7-12(16-2)18-14(19-13)8-20-3/h4-7H,8H2,1-3H3,(H2,16,17,18,19). The molecule has 5 nitrogen and oxygen atoms in total. The summed E-state index contributed by atoms with van der Waals surface area (Å²) in [4.78, 5) is 8.69. The summed E-state index contributed by atoms with van der Waals surface area (Å²) in [6, 6.07) is 7.61. The number of benzene rings is 1. The van der Waals surface area contributed by atoms with Crippen molar-refractivity contribution in [1.82, 2.24) is 9.97 Å². The molecule has 0 spiro atoms. The van der Waals surface area contributed by atoms with Crippen LogP contribution in [0.1, 0.15) is 11.4 Å². The Balaban J connectivity index is 2.32. The average Bonchev–Trinajstić information content (AvgIpc) is 2.43. The minimum atomic E-state index is 0.353. The van der Waals surface area contributed by atoms with Gasteiger partial charge in [-0.05, 0) is 24.6 Å². The quantitative estimate of drug-likeness (QED) is 0.885. The van der Waals surface area contributed by atoms with Crippen molar-refractivity contribution < 1.29 is 4.74 Å². The van der Waals surface area contributed by atoms with Gasteiger partial charge in [0.1, 0.15) is 18.2 Å². The fourth-order valence-corrected chi connectivity index (χ4v) is 1.92. The van der Waals surface area contributed by atoms with Crippen molar-refractivity contribution >= 4 is 28.9 Å². The zero-order valence-electron chi connectivity index (χ0n) is 11.7. The highest BCUT2D eigenvalue weighted by Crippen LogP contribution is 2.26. The van der Waals surface area contributed by atoms with E-state index in [1.54, 1.807) is 7.11 Å². The minimum Gasteiger partial charge on any atom is -0.377 e. The molecule has 0 aliphatic heterocycles. The minimum absolute atomic E-state index is 0.353. The molecule has 1 aromatic heterocycles. The van der Waals surface area contributed by atoms with Crippen LogP contribution in [0.3, 0.4) is 0 Å². The topological polar surface area (TPSA) is 59.1 Å². The van der Waals surface area contributed by atoms with Gasteiger partial charge < -0.3 is 15.4 Å². The summed E-state index contributed by atoms with van der Waals surface area (Å²) in [6.07, 6.45) is 0. The first kappa shape index (κ1) is 14.6. The maximum Gasteiger partial charge on any atom is 0.158 e. The van der Waals surface area contributed by atoms with Crippen LogP contribution in [-0.2, 0) is 11.3 Å². The van der Waals surface area contributed by atoms with Gasteiger partial charge in [-0.2, -0.15) is 0 Å². The lowest BCUT2D eigenvalue weighted by Crippen LogP contribution is -2.05. The summed E-state index contributed by atoms with van der Waals surface area (Å²) >= 11 is 6.17. The fourth-order valence-electron chi connectivity index (χ4n) is 1.76. The van der Waals surface area contributed by atoms with Crippen molar-refractivity contribution in [3.63, 3.8) is 0 Å². The van der Waals surface area contributed by atoms with E-state index in [1.807, 2.05) is 38.2 Å². The van der Waals surface area contributed by atoms with Crippen LogP contribution < -0.4 is 10.6 Å². The van der Waals surface area contributed by atoms with E-state index in [9.17, 15) is 0 Å². The van der Waals surface area contributed by atoms with Crippen LogP contribution in [0.25, 0.3) is 0 Å². The number of nitrogens with one attached hydrogen (secondary N) is 2. The molecule has 0 unspecified atom stereocenters. The van der Waals surface area contributed by atoms with Gasteiger partial charge in [-0.25, -0.2) is 9.97 Å². The lowest BCUT2D eigenvalue weighted by molar-refractivity contribution is 0.178. The second-order valence-electron chi connectivity index (χ2n) is 4.35. The van der Waals surface area contributed by atoms with Crippen molar-refractivity contribution in [2.75, 3.05) is 24.8 Å². The molecule has 0 aliphatic rings. The molecule has 2 rings (SSSR count). The third kappa shape index (κ3) is 3.59. The monoisotopic (exact) mass is 292 g/mol.